The van der Waals surface area contributed by atoms with E-state index in [9.17, 15) is 9.59 Å². The Hall–Kier alpha value is -1.84. The van der Waals surface area contributed by atoms with Gasteiger partial charge in [0.05, 0.1) is 0 Å². The Kier molecular flexibility index (Phi) is 6.77. The minimum atomic E-state index is -0.965. The summed E-state index contributed by atoms with van der Waals surface area (Å²) in [6.07, 6.45) is 3.15. The number of hydrogen-bond donors (Lipinski definition) is 2. The predicted molar refractivity (Wildman–Crippen MR) is 78.6 cm³/mol. The number of aryl methyl sites for hydroxylation is 2. The first-order valence-corrected chi connectivity index (χ1v) is 7.16. The Labute approximate surface area is 120 Å². The van der Waals surface area contributed by atoms with Gasteiger partial charge in [-0.1, -0.05) is 44.5 Å². The van der Waals surface area contributed by atoms with Gasteiger partial charge in [0.1, 0.15) is 6.04 Å². The summed E-state index contributed by atoms with van der Waals surface area (Å²) < 4.78 is 0. The van der Waals surface area contributed by atoms with Crippen LogP contribution in [0.4, 0.5) is 0 Å². The number of amides is 1. The van der Waals surface area contributed by atoms with E-state index < -0.39 is 12.0 Å². The molecule has 0 saturated heterocycles. The second-order valence-corrected chi connectivity index (χ2v) is 4.92. The normalized spacial score (nSPS) is 11.9. The van der Waals surface area contributed by atoms with Crippen LogP contribution >= 0.6 is 0 Å². The fourth-order valence-electron chi connectivity index (χ4n) is 2.01. The molecule has 0 unspecified atom stereocenters. The van der Waals surface area contributed by atoms with E-state index in [1.54, 1.807) is 0 Å². The van der Waals surface area contributed by atoms with Gasteiger partial charge < -0.3 is 10.4 Å². The summed E-state index contributed by atoms with van der Waals surface area (Å²) >= 11 is 0. The molecule has 4 nitrogen and oxygen atoms in total. The molecule has 2 N–H and O–H groups in total. The van der Waals surface area contributed by atoms with Crippen molar-refractivity contribution >= 4 is 11.9 Å². The van der Waals surface area contributed by atoms with Gasteiger partial charge in [0.15, 0.2) is 0 Å². The molecule has 1 rings (SSSR count). The molecule has 0 spiro atoms. The van der Waals surface area contributed by atoms with Crippen molar-refractivity contribution in [1.29, 1.82) is 0 Å². The van der Waals surface area contributed by atoms with E-state index in [-0.39, 0.29) is 5.91 Å². The molecule has 1 amide bonds. The molecule has 110 valence electrons. The van der Waals surface area contributed by atoms with Crippen LogP contribution in [0, 0.1) is 0 Å². The van der Waals surface area contributed by atoms with Gasteiger partial charge in [0.25, 0.3) is 0 Å². The lowest BCUT2D eigenvalue weighted by Gasteiger charge is -2.13. The van der Waals surface area contributed by atoms with Crippen molar-refractivity contribution in [2.75, 3.05) is 0 Å². The summed E-state index contributed by atoms with van der Waals surface area (Å²) in [4.78, 5) is 22.7. The molecule has 0 aliphatic rings. The van der Waals surface area contributed by atoms with Crippen molar-refractivity contribution in [3.63, 3.8) is 0 Å². The Morgan fingerprint density at radius 1 is 1.15 bits per heavy atom. The van der Waals surface area contributed by atoms with E-state index in [0.29, 0.717) is 19.3 Å². The van der Waals surface area contributed by atoms with Crippen LogP contribution in [0.1, 0.15) is 44.2 Å². The highest BCUT2D eigenvalue weighted by atomic mass is 16.4. The molecule has 0 radical (unpaired) electrons. The van der Waals surface area contributed by atoms with Gasteiger partial charge in [-0.25, -0.2) is 4.79 Å². The monoisotopic (exact) mass is 277 g/mol. The molecule has 0 aliphatic carbocycles. The van der Waals surface area contributed by atoms with Crippen molar-refractivity contribution in [1.82, 2.24) is 5.32 Å². The third-order valence-electron chi connectivity index (χ3n) is 3.28. The molecular weight excluding hydrogens is 254 g/mol. The summed E-state index contributed by atoms with van der Waals surface area (Å²) in [6, 6.07) is 7.39. The zero-order valence-corrected chi connectivity index (χ0v) is 12.2. The van der Waals surface area contributed by atoms with Crippen molar-refractivity contribution in [2.24, 2.45) is 0 Å². The molecule has 0 heterocycles. The van der Waals surface area contributed by atoms with Crippen molar-refractivity contribution in [3.05, 3.63) is 35.4 Å². The first-order valence-electron chi connectivity index (χ1n) is 7.16. The van der Waals surface area contributed by atoms with E-state index in [0.717, 1.165) is 18.4 Å². The standard InChI is InChI=1S/C16H23NO3/c1-3-5-14(16(19)20)17-15(18)11-10-13-8-6-12(4-2)7-9-13/h6-9,14H,3-5,10-11H2,1-2H3,(H,17,18)(H,19,20)/t14-/m0/s1. The van der Waals surface area contributed by atoms with Gasteiger partial charge >= 0.3 is 5.97 Å². The van der Waals surface area contributed by atoms with Crippen LogP contribution in [0.2, 0.25) is 0 Å². The molecule has 0 aliphatic heterocycles. The molecule has 0 fully saturated rings. The molecule has 0 aromatic heterocycles. The molecule has 1 aromatic rings. The number of carbonyl (C=O) groups excluding carboxylic acids is 1. The summed E-state index contributed by atoms with van der Waals surface area (Å²) in [6.45, 7) is 4.00. The van der Waals surface area contributed by atoms with Gasteiger partial charge in [0, 0.05) is 6.42 Å². The van der Waals surface area contributed by atoms with Gasteiger partial charge in [-0.05, 0) is 30.4 Å². The van der Waals surface area contributed by atoms with Crippen LogP contribution in [0.25, 0.3) is 0 Å². The summed E-state index contributed by atoms with van der Waals surface area (Å²) in [5, 5.41) is 11.6. The van der Waals surface area contributed by atoms with E-state index in [1.165, 1.54) is 5.56 Å². The van der Waals surface area contributed by atoms with Crippen LogP contribution in [0.5, 0.6) is 0 Å². The molecule has 1 atom stereocenters. The first kappa shape index (κ1) is 16.2. The lowest BCUT2D eigenvalue weighted by atomic mass is 10.1. The lowest BCUT2D eigenvalue weighted by molar-refractivity contribution is -0.142. The number of carbonyl (C=O) groups is 2. The van der Waals surface area contributed by atoms with E-state index in [1.807, 2.05) is 19.1 Å². The van der Waals surface area contributed by atoms with Crippen LogP contribution in [-0.4, -0.2) is 23.0 Å². The molecule has 1 aromatic carbocycles. The summed E-state index contributed by atoms with van der Waals surface area (Å²) in [5.74, 6) is -1.17. The van der Waals surface area contributed by atoms with Crippen molar-refractivity contribution < 1.29 is 14.7 Å². The van der Waals surface area contributed by atoms with Crippen LogP contribution in [0.15, 0.2) is 24.3 Å². The number of nitrogens with one attached hydrogen (secondary N) is 1. The van der Waals surface area contributed by atoms with Gasteiger partial charge in [0.2, 0.25) is 5.91 Å². The Balaban J connectivity index is 2.43. The van der Waals surface area contributed by atoms with E-state index in [2.05, 4.69) is 24.4 Å². The summed E-state index contributed by atoms with van der Waals surface area (Å²) in [7, 11) is 0. The third kappa shape index (κ3) is 5.43. The molecule has 0 saturated carbocycles. The van der Waals surface area contributed by atoms with Crippen LogP contribution in [-0.2, 0) is 22.4 Å². The SMILES string of the molecule is CCC[C@H](NC(=O)CCc1ccc(CC)cc1)C(=O)O. The molecule has 4 heteroatoms. The number of hydrogen-bond acceptors (Lipinski definition) is 2. The summed E-state index contributed by atoms with van der Waals surface area (Å²) in [5.41, 5.74) is 2.37. The highest BCUT2D eigenvalue weighted by Gasteiger charge is 2.18. The minimum absolute atomic E-state index is 0.203. The largest absolute Gasteiger partial charge is 0.480 e. The quantitative estimate of drug-likeness (QED) is 0.767. The maximum Gasteiger partial charge on any atom is 0.326 e. The predicted octanol–water partition coefficient (Wildman–Crippen LogP) is 2.55. The van der Waals surface area contributed by atoms with Gasteiger partial charge in [-0.15, -0.1) is 0 Å². The Morgan fingerprint density at radius 2 is 1.75 bits per heavy atom. The average molecular weight is 277 g/mol. The number of benzene rings is 1. The topological polar surface area (TPSA) is 66.4 Å². The second-order valence-electron chi connectivity index (χ2n) is 4.92. The maximum atomic E-state index is 11.8. The zero-order chi connectivity index (χ0) is 15.0. The average Bonchev–Trinajstić information content (AvgIpc) is 2.45. The van der Waals surface area contributed by atoms with Gasteiger partial charge in [-0.2, -0.15) is 0 Å². The Bertz CT molecular complexity index is 440. The molecular formula is C16H23NO3. The van der Waals surface area contributed by atoms with Crippen molar-refractivity contribution in [2.45, 2.75) is 52.0 Å². The fraction of sp³-hybridized carbons (Fsp3) is 0.500. The van der Waals surface area contributed by atoms with Crippen molar-refractivity contribution in [3.8, 4) is 0 Å². The fourth-order valence-corrected chi connectivity index (χ4v) is 2.01. The van der Waals surface area contributed by atoms with Crippen LogP contribution in [0.3, 0.4) is 0 Å². The first-order chi connectivity index (χ1) is 9.56. The van der Waals surface area contributed by atoms with E-state index in [4.69, 9.17) is 5.11 Å². The maximum absolute atomic E-state index is 11.8. The molecule has 0 bridgehead atoms. The second kappa shape index (κ2) is 8.35. The van der Waals surface area contributed by atoms with Gasteiger partial charge in [-0.3, -0.25) is 4.79 Å². The zero-order valence-electron chi connectivity index (χ0n) is 12.2. The number of carboxylic acids is 1. The third-order valence-corrected chi connectivity index (χ3v) is 3.28. The lowest BCUT2D eigenvalue weighted by Crippen LogP contribution is -2.40. The highest BCUT2D eigenvalue weighted by Crippen LogP contribution is 2.07. The number of aliphatic carboxylic acids is 1. The van der Waals surface area contributed by atoms with Crippen LogP contribution < -0.4 is 5.32 Å². The molecule has 20 heavy (non-hydrogen) atoms. The minimum Gasteiger partial charge on any atom is -0.480 e. The van der Waals surface area contributed by atoms with E-state index >= 15 is 0 Å². The smallest absolute Gasteiger partial charge is 0.326 e. The Morgan fingerprint density at radius 3 is 2.25 bits per heavy atom. The highest BCUT2D eigenvalue weighted by molar-refractivity contribution is 5.83. The number of carboxylic acid groups (broad SMARTS) is 1. The number of rotatable bonds is 8.